The summed E-state index contributed by atoms with van der Waals surface area (Å²) in [7, 11) is 0. The summed E-state index contributed by atoms with van der Waals surface area (Å²) in [5.74, 6) is 2.50. The molecule has 1 aliphatic carbocycles. The minimum atomic E-state index is 0.375. The molecule has 1 aromatic carbocycles. The van der Waals surface area contributed by atoms with Crippen molar-refractivity contribution in [2.75, 3.05) is 12.3 Å². The Morgan fingerprint density at radius 3 is 2.84 bits per heavy atom. The Kier molecular flexibility index (Phi) is 3.46. The number of aromatic nitrogens is 1. The predicted octanol–water partition coefficient (Wildman–Crippen LogP) is 3.87. The maximum Gasteiger partial charge on any atom is 0.172 e. The highest BCUT2D eigenvalue weighted by atomic mass is 79.9. The van der Waals surface area contributed by atoms with Crippen molar-refractivity contribution >= 4 is 21.7 Å². The average Bonchev–Trinajstić information content (AvgIpc) is 2.75. The van der Waals surface area contributed by atoms with Gasteiger partial charge < -0.3 is 15.0 Å². The molecule has 0 bridgehead atoms. The monoisotopic (exact) mass is 322 g/mol. The van der Waals surface area contributed by atoms with Gasteiger partial charge in [0.1, 0.15) is 5.75 Å². The molecule has 0 atom stereocenters. The first kappa shape index (κ1) is 12.5. The Morgan fingerprint density at radius 2 is 2.21 bits per heavy atom. The summed E-state index contributed by atoms with van der Waals surface area (Å²) < 4.78 is 12.1. The van der Waals surface area contributed by atoms with Crippen LogP contribution in [0, 0.1) is 5.92 Å². The largest absolute Gasteiger partial charge is 0.493 e. The molecule has 1 heterocycles. The van der Waals surface area contributed by atoms with E-state index in [1.54, 1.807) is 6.07 Å². The summed E-state index contributed by atoms with van der Waals surface area (Å²) in [4.78, 5) is 0. The maximum absolute atomic E-state index is 5.91. The zero-order chi connectivity index (χ0) is 13.2. The number of ether oxygens (including phenoxy) is 1. The smallest absolute Gasteiger partial charge is 0.172 e. The van der Waals surface area contributed by atoms with Crippen LogP contribution in [0.1, 0.15) is 19.3 Å². The molecule has 1 fully saturated rings. The lowest BCUT2D eigenvalue weighted by atomic mass is 9.86. The number of halogens is 1. The Hall–Kier alpha value is -1.49. The molecule has 2 N–H and O–H groups in total. The second kappa shape index (κ2) is 5.25. The highest BCUT2D eigenvalue weighted by Gasteiger charge is 2.19. The van der Waals surface area contributed by atoms with Crippen LogP contribution in [0.15, 0.2) is 33.3 Å². The fourth-order valence-electron chi connectivity index (χ4n) is 2.10. The molecule has 1 aliphatic rings. The molecule has 2 aromatic rings. The van der Waals surface area contributed by atoms with Crippen LogP contribution in [0.3, 0.4) is 0 Å². The minimum Gasteiger partial charge on any atom is -0.493 e. The van der Waals surface area contributed by atoms with Gasteiger partial charge in [-0.25, -0.2) is 0 Å². The highest BCUT2D eigenvalue weighted by Crippen LogP contribution is 2.35. The predicted molar refractivity (Wildman–Crippen MR) is 76.9 cm³/mol. The molecule has 1 saturated carbocycles. The van der Waals surface area contributed by atoms with Crippen LogP contribution in [0.2, 0.25) is 0 Å². The third kappa shape index (κ3) is 2.76. The molecule has 1 aromatic heterocycles. The minimum absolute atomic E-state index is 0.375. The van der Waals surface area contributed by atoms with E-state index in [0.29, 0.717) is 17.5 Å². The number of nitrogen functional groups attached to an aromatic ring is 1. The topological polar surface area (TPSA) is 61.3 Å². The number of rotatable bonds is 4. The average molecular weight is 323 g/mol. The second-order valence-corrected chi connectivity index (χ2v) is 5.78. The van der Waals surface area contributed by atoms with Gasteiger partial charge in [-0.1, -0.05) is 27.5 Å². The van der Waals surface area contributed by atoms with Crippen LogP contribution in [-0.4, -0.2) is 11.8 Å². The van der Waals surface area contributed by atoms with E-state index in [4.69, 9.17) is 15.0 Å². The summed E-state index contributed by atoms with van der Waals surface area (Å²) in [5.41, 5.74) is 6.47. The van der Waals surface area contributed by atoms with Crippen molar-refractivity contribution in [3.05, 3.63) is 28.7 Å². The van der Waals surface area contributed by atoms with E-state index >= 15 is 0 Å². The van der Waals surface area contributed by atoms with Gasteiger partial charge in [0, 0.05) is 10.5 Å². The fourth-order valence-corrected chi connectivity index (χ4v) is 2.46. The summed E-state index contributed by atoms with van der Waals surface area (Å²) in [6.45, 7) is 0.762. The first-order valence-corrected chi connectivity index (χ1v) is 7.16. The van der Waals surface area contributed by atoms with Gasteiger partial charge in [-0.2, -0.15) is 0 Å². The molecule has 0 aliphatic heterocycles. The molecule has 0 amide bonds. The third-order valence-corrected chi connectivity index (χ3v) is 3.93. The Bertz CT molecular complexity index is 579. The molecular formula is C14H15BrN2O2. The number of hydrogen-bond donors (Lipinski definition) is 1. The number of anilines is 1. The lowest BCUT2D eigenvalue weighted by molar-refractivity contribution is 0.181. The van der Waals surface area contributed by atoms with Gasteiger partial charge in [0.05, 0.1) is 12.2 Å². The molecular weight excluding hydrogens is 308 g/mol. The van der Waals surface area contributed by atoms with Crippen LogP contribution in [0.4, 0.5) is 5.82 Å². The SMILES string of the molecule is Nc1cc(-c2cc(Br)ccc2OCC2CCC2)on1. The summed E-state index contributed by atoms with van der Waals surface area (Å²) in [5, 5.41) is 3.72. The van der Waals surface area contributed by atoms with Crippen molar-refractivity contribution in [3.8, 4) is 17.1 Å². The molecule has 4 nitrogen and oxygen atoms in total. The van der Waals surface area contributed by atoms with Crippen LogP contribution in [-0.2, 0) is 0 Å². The molecule has 0 spiro atoms. The number of nitrogens with two attached hydrogens (primary N) is 1. The normalized spacial score (nSPS) is 15.2. The van der Waals surface area contributed by atoms with E-state index in [9.17, 15) is 0 Å². The lowest BCUT2D eigenvalue weighted by Crippen LogP contribution is -2.19. The zero-order valence-corrected chi connectivity index (χ0v) is 12.0. The molecule has 3 rings (SSSR count). The van der Waals surface area contributed by atoms with Gasteiger partial charge in [-0.3, -0.25) is 0 Å². The van der Waals surface area contributed by atoms with Gasteiger partial charge in [-0.05, 0) is 37.0 Å². The summed E-state index contributed by atoms with van der Waals surface area (Å²) in [6.07, 6.45) is 3.85. The Labute approximate surface area is 120 Å². The van der Waals surface area contributed by atoms with Crippen LogP contribution in [0.5, 0.6) is 5.75 Å². The van der Waals surface area contributed by atoms with Crippen molar-refractivity contribution in [2.45, 2.75) is 19.3 Å². The number of benzene rings is 1. The van der Waals surface area contributed by atoms with Crippen molar-refractivity contribution in [1.82, 2.24) is 5.16 Å². The van der Waals surface area contributed by atoms with Crippen molar-refractivity contribution in [3.63, 3.8) is 0 Å². The van der Waals surface area contributed by atoms with Gasteiger partial charge in [0.25, 0.3) is 0 Å². The number of nitrogens with zero attached hydrogens (tertiary/aromatic N) is 1. The van der Waals surface area contributed by atoms with Crippen molar-refractivity contribution < 1.29 is 9.26 Å². The maximum atomic E-state index is 5.91. The molecule has 5 heteroatoms. The zero-order valence-electron chi connectivity index (χ0n) is 10.4. The fraction of sp³-hybridized carbons (Fsp3) is 0.357. The standard InChI is InChI=1S/C14H15BrN2O2/c15-10-4-5-12(18-8-9-2-1-3-9)11(6-10)13-7-14(16)17-19-13/h4-7,9H,1-3,8H2,(H2,16,17). The molecule has 19 heavy (non-hydrogen) atoms. The van der Waals surface area contributed by atoms with Gasteiger partial charge >= 0.3 is 0 Å². The highest BCUT2D eigenvalue weighted by molar-refractivity contribution is 9.10. The summed E-state index contributed by atoms with van der Waals surface area (Å²) in [6, 6.07) is 7.56. The van der Waals surface area contributed by atoms with Gasteiger partial charge in [0.2, 0.25) is 0 Å². The van der Waals surface area contributed by atoms with E-state index in [1.807, 2.05) is 18.2 Å². The third-order valence-electron chi connectivity index (χ3n) is 3.43. The van der Waals surface area contributed by atoms with E-state index in [0.717, 1.165) is 22.4 Å². The molecule has 0 saturated heterocycles. The van der Waals surface area contributed by atoms with Gasteiger partial charge in [-0.15, -0.1) is 0 Å². The lowest BCUT2D eigenvalue weighted by Gasteiger charge is -2.25. The van der Waals surface area contributed by atoms with E-state index in [1.165, 1.54) is 19.3 Å². The van der Waals surface area contributed by atoms with Crippen molar-refractivity contribution in [2.24, 2.45) is 5.92 Å². The van der Waals surface area contributed by atoms with Gasteiger partial charge in [0.15, 0.2) is 11.6 Å². The second-order valence-electron chi connectivity index (χ2n) is 4.86. The summed E-state index contributed by atoms with van der Waals surface area (Å²) >= 11 is 3.46. The van der Waals surface area contributed by atoms with E-state index in [-0.39, 0.29) is 0 Å². The van der Waals surface area contributed by atoms with Crippen LogP contribution >= 0.6 is 15.9 Å². The number of hydrogen-bond acceptors (Lipinski definition) is 4. The van der Waals surface area contributed by atoms with E-state index in [2.05, 4.69) is 21.1 Å². The molecule has 100 valence electrons. The van der Waals surface area contributed by atoms with Crippen LogP contribution in [0.25, 0.3) is 11.3 Å². The first-order valence-electron chi connectivity index (χ1n) is 6.37. The quantitative estimate of drug-likeness (QED) is 0.928. The molecule has 0 radical (unpaired) electrons. The first-order chi connectivity index (χ1) is 9.22. The van der Waals surface area contributed by atoms with Crippen LogP contribution < -0.4 is 10.5 Å². The Balaban J connectivity index is 1.85. The van der Waals surface area contributed by atoms with E-state index < -0.39 is 0 Å². The van der Waals surface area contributed by atoms with Crippen molar-refractivity contribution in [1.29, 1.82) is 0 Å². The Morgan fingerprint density at radius 1 is 1.37 bits per heavy atom. The molecule has 0 unspecified atom stereocenters.